The van der Waals surface area contributed by atoms with Crippen molar-refractivity contribution in [3.63, 3.8) is 0 Å². The van der Waals surface area contributed by atoms with E-state index in [0.29, 0.717) is 12.0 Å². The van der Waals surface area contributed by atoms with Gasteiger partial charge < -0.3 is 19.4 Å². The van der Waals surface area contributed by atoms with E-state index < -0.39 is 0 Å². The van der Waals surface area contributed by atoms with Crippen molar-refractivity contribution < 1.29 is 14.3 Å². The van der Waals surface area contributed by atoms with Crippen molar-refractivity contribution in [1.29, 1.82) is 0 Å². The number of amides is 1. The van der Waals surface area contributed by atoms with Crippen molar-refractivity contribution >= 4 is 28.8 Å². The Morgan fingerprint density at radius 3 is 2.55 bits per heavy atom. The number of thioether (sulfide) groups is 1. The summed E-state index contributed by atoms with van der Waals surface area (Å²) >= 11 is 1.51. The van der Waals surface area contributed by atoms with Crippen LogP contribution in [0.25, 0.3) is 0 Å². The molecule has 3 heterocycles. The smallest absolute Gasteiger partial charge is 0.338 e. The first-order valence-corrected chi connectivity index (χ1v) is 12.4. The lowest BCUT2D eigenvalue weighted by Crippen LogP contribution is -2.45. The maximum atomic E-state index is 13.3. The Kier molecular flexibility index (Phi) is 7.24. The number of esters is 1. The van der Waals surface area contributed by atoms with Crippen LogP contribution in [0, 0.1) is 0 Å². The van der Waals surface area contributed by atoms with Gasteiger partial charge in [0.1, 0.15) is 0 Å². The van der Waals surface area contributed by atoms with Crippen LogP contribution in [0.15, 0.2) is 57.7 Å². The first-order chi connectivity index (χ1) is 15.9. The maximum absolute atomic E-state index is 13.3. The van der Waals surface area contributed by atoms with E-state index in [-0.39, 0.29) is 30.4 Å². The van der Waals surface area contributed by atoms with Crippen LogP contribution in [-0.4, -0.2) is 72.1 Å². The molecule has 176 valence electrons. The van der Waals surface area contributed by atoms with Gasteiger partial charge in [0.2, 0.25) is 5.91 Å². The van der Waals surface area contributed by atoms with Gasteiger partial charge in [0.15, 0.2) is 5.17 Å². The van der Waals surface area contributed by atoms with Crippen LogP contribution in [0.4, 0.5) is 0 Å². The fourth-order valence-electron chi connectivity index (χ4n) is 4.73. The number of carbonyl (C=O) groups excluding carboxylic acids is 2. The summed E-state index contributed by atoms with van der Waals surface area (Å²) in [5.74, 6) is -0.288. The fraction of sp³-hybridized carbons (Fsp3) is 0.480. The Morgan fingerprint density at radius 1 is 1.21 bits per heavy atom. The largest absolute Gasteiger partial charge is 0.466 e. The van der Waals surface area contributed by atoms with Crippen LogP contribution in [0.3, 0.4) is 0 Å². The van der Waals surface area contributed by atoms with E-state index in [0.717, 1.165) is 48.1 Å². The van der Waals surface area contributed by atoms with Gasteiger partial charge in [-0.2, -0.15) is 0 Å². The lowest BCUT2D eigenvalue weighted by Gasteiger charge is -2.38. The van der Waals surface area contributed by atoms with Gasteiger partial charge in [-0.15, -0.1) is 0 Å². The van der Waals surface area contributed by atoms with E-state index in [2.05, 4.69) is 11.9 Å². The Morgan fingerprint density at radius 2 is 1.91 bits per heavy atom. The molecule has 1 fully saturated rings. The number of carbonyl (C=O) groups is 2. The van der Waals surface area contributed by atoms with Crippen LogP contribution < -0.4 is 0 Å². The van der Waals surface area contributed by atoms with E-state index in [4.69, 9.17) is 9.73 Å². The number of likely N-dealkylation sites (tertiary alicyclic amines) is 1. The van der Waals surface area contributed by atoms with Crippen molar-refractivity contribution in [1.82, 2.24) is 14.7 Å². The molecule has 1 atom stereocenters. The number of amidine groups is 1. The summed E-state index contributed by atoms with van der Waals surface area (Å²) in [4.78, 5) is 37.2. The lowest BCUT2D eigenvalue weighted by molar-refractivity contribution is -0.136. The standard InChI is InChI=1S/C25H32N4O3S/c1-5-20-22(24(31)32-4)23(17-9-7-6-8-10-17)29-19(16-33-25(29)26-20)15-21(30)28(3)18-11-13-27(2)14-12-18/h6-10,16,18,23H,5,11-15H2,1-4H3/t23-/m1/s1. The molecular weight excluding hydrogens is 436 g/mol. The van der Waals surface area contributed by atoms with Gasteiger partial charge in [0, 0.05) is 18.8 Å². The van der Waals surface area contributed by atoms with Gasteiger partial charge in [-0.3, -0.25) is 4.79 Å². The minimum Gasteiger partial charge on any atom is -0.466 e. The number of ether oxygens (including phenoxy) is 1. The number of rotatable bonds is 6. The Bertz CT molecular complexity index is 996. The van der Waals surface area contributed by atoms with Gasteiger partial charge in [0.25, 0.3) is 0 Å². The molecule has 0 N–H and O–H groups in total. The SMILES string of the molecule is CCC1=C(C(=O)OC)[C@@H](c2ccccc2)N2C(CC(=O)N(C)C3CCN(C)CC3)=CSC2=N1. The highest BCUT2D eigenvalue weighted by molar-refractivity contribution is 8.16. The minimum atomic E-state index is -0.380. The van der Waals surface area contributed by atoms with Gasteiger partial charge in [0.05, 0.1) is 30.8 Å². The molecule has 3 aliphatic rings. The predicted octanol–water partition coefficient (Wildman–Crippen LogP) is 3.77. The Balaban J connectivity index is 1.62. The number of hydrogen-bond acceptors (Lipinski definition) is 7. The maximum Gasteiger partial charge on any atom is 0.338 e. The van der Waals surface area contributed by atoms with Gasteiger partial charge in [-0.1, -0.05) is 49.0 Å². The van der Waals surface area contributed by atoms with E-state index in [1.807, 2.05) is 59.5 Å². The number of nitrogens with zero attached hydrogens (tertiary/aromatic N) is 4. The third-order valence-electron chi connectivity index (χ3n) is 6.71. The number of aliphatic imine (C=N–C) groups is 1. The summed E-state index contributed by atoms with van der Waals surface area (Å²) in [5, 5.41) is 2.81. The molecule has 0 aliphatic carbocycles. The van der Waals surface area contributed by atoms with Gasteiger partial charge >= 0.3 is 5.97 Å². The summed E-state index contributed by atoms with van der Waals surface area (Å²) in [6, 6.07) is 9.80. The number of fused-ring (bicyclic) bond motifs is 1. The van der Waals surface area contributed by atoms with Gasteiger partial charge in [-0.05, 0) is 50.4 Å². The molecule has 0 unspecified atom stereocenters. The molecule has 7 nitrogen and oxygen atoms in total. The van der Waals surface area contributed by atoms with Crippen LogP contribution in [-0.2, 0) is 14.3 Å². The molecule has 4 rings (SSSR count). The van der Waals surface area contributed by atoms with Crippen molar-refractivity contribution in [2.75, 3.05) is 34.3 Å². The first-order valence-electron chi connectivity index (χ1n) is 11.5. The third kappa shape index (κ3) is 4.73. The van der Waals surface area contributed by atoms with Crippen molar-refractivity contribution in [2.45, 2.75) is 44.7 Å². The van der Waals surface area contributed by atoms with Crippen LogP contribution in [0.5, 0.6) is 0 Å². The zero-order valence-electron chi connectivity index (χ0n) is 19.8. The lowest BCUT2D eigenvalue weighted by atomic mass is 9.93. The summed E-state index contributed by atoms with van der Waals surface area (Å²) in [7, 11) is 5.44. The summed E-state index contributed by atoms with van der Waals surface area (Å²) in [5.41, 5.74) is 3.12. The molecule has 0 spiro atoms. The second-order valence-corrected chi connectivity index (χ2v) is 9.56. The normalized spacial score (nSPS) is 21.5. The van der Waals surface area contributed by atoms with Gasteiger partial charge in [-0.25, -0.2) is 9.79 Å². The molecule has 0 saturated carbocycles. The van der Waals surface area contributed by atoms with Crippen molar-refractivity contribution in [3.05, 3.63) is 58.3 Å². The molecule has 33 heavy (non-hydrogen) atoms. The molecule has 1 aromatic carbocycles. The van der Waals surface area contributed by atoms with Crippen molar-refractivity contribution in [2.24, 2.45) is 4.99 Å². The first kappa shape index (κ1) is 23.6. The summed E-state index contributed by atoms with van der Waals surface area (Å²) < 4.78 is 5.17. The second kappa shape index (κ2) is 10.1. The Labute approximate surface area is 200 Å². The number of benzene rings is 1. The summed E-state index contributed by atoms with van der Waals surface area (Å²) in [6.45, 7) is 4.01. The third-order valence-corrected chi connectivity index (χ3v) is 7.59. The second-order valence-electron chi connectivity index (χ2n) is 8.73. The number of methoxy groups -OCH3 is 1. The van der Waals surface area contributed by atoms with E-state index in [1.54, 1.807) is 0 Å². The topological polar surface area (TPSA) is 65.5 Å². The predicted molar refractivity (Wildman–Crippen MR) is 131 cm³/mol. The molecule has 0 radical (unpaired) electrons. The average molecular weight is 469 g/mol. The fourth-order valence-corrected chi connectivity index (χ4v) is 5.67. The Hall–Kier alpha value is -2.58. The van der Waals surface area contributed by atoms with E-state index >= 15 is 0 Å². The number of allylic oxidation sites excluding steroid dienone is 1. The molecule has 0 bridgehead atoms. The molecule has 1 saturated heterocycles. The molecule has 8 heteroatoms. The summed E-state index contributed by atoms with van der Waals surface area (Å²) in [6.07, 6.45) is 2.88. The highest BCUT2D eigenvalue weighted by Crippen LogP contribution is 2.45. The molecular formula is C25H32N4O3S. The quantitative estimate of drug-likeness (QED) is 0.592. The average Bonchev–Trinajstić information content (AvgIpc) is 3.24. The monoisotopic (exact) mass is 468 g/mol. The molecule has 0 aromatic heterocycles. The van der Waals surface area contributed by atoms with Crippen LogP contribution in [0.1, 0.15) is 44.2 Å². The number of hydrogen-bond donors (Lipinski definition) is 0. The van der Waals surface area contributed by atoms with E-state index in [1.165, 1.54) is 18.9 Å². The zero-order chi connectivity index (χ0) is 23.5. The number of piperidine rings is 1. The highest BCUT2D eigenvalue weighted by Gasteiger charge is 2.41. The molecule has 3 aliphatic heterocycles. The minimum absolute atomic E-state index is 0.0920. The highest BCUT2D eigenvalue weighted by atomic mass is 32.2. The van der Waals surface area contributed by atoms with E-state index in [9.17, 15) is 9.59 Å². The zero-order valence-corrected chi connectivity index (χ0v) is 20.6. The van der Waals surface area contributed by atoms with Crippen LogP contribution >= 0.6 is 11.8 Å². The molecule has 1 aromatic rings. The molecule has 1 amide bonds. The van der Waals surface area contributed by atoms with Crippen LogP contribution in [0.2, 0.25) is 0 Å². The van der Waals surface area contributed by atoms with Crippen molar-refractivity contribution in [3.8, 4) is 0 Å².